The van der Waals surface area contributed by atoms with E-state index in [2.05, 4.69) is 43.3 Å². The summed E-state index contributed by atoms with van der Waals surface area (Å²) < 4.78 is 34.6. The molecule has 0 bridgehead atoms. The lowest BCUT2D eigenvalue weighted by molar-refractivity contribution is 0.286. The van der Waals surface area contributed by atoms with Gasteiger partial charge in [-0.15, -0.1) is 0 Å². The van der Waals surface area contributed by atoms with Crippen molar-refractivity contribution in [2.24, 2.45) is 0 Å². The predicted molar refractivity (Wildman–Crippen MR) is 128 cm³/mol. The predicted octanol–water partition coefficient (Wildman–Crippen LogP) is 8.53. The molecule has 1 nitrogen and oxygen atoms in total. The number of benzene rings is 4. The maximum Gasteiger partial charge on any atom is 0.201 e. The van der Waals surface area contributed by atoms with Crippen molar-refractivity contribution in [1.29, 1.82) is 0 Å². The van der Waals surface area contributed by atoms with E-state index in [1.54, 1.807) is 6.07 Å². The summed E-state index contributed by atoms with van der Waals surface area (Å²) in [7, 11) is 0. The Bertz CT molecular complexity index is 1150. The Hall–Kier alpha value is -3.46. The lowest BCUT2D eigenvalue weighted by atomic mass is 9.98. The Balaban J connectivity index is 1.50. The molecule has 0 spiro atoms. The highest BCUT2D eigenvalue weighted by atomic mass is 19.2. The summed E-state index contributed by atoms with van der Waals surface area (Å²) in [6, 6.07) is 29.1. The fourth-order valence-corrected chi connectivity index (χ4v) is 3.73. The third-order valence-electron chi connectivity index (χ3n) is 5.57. The number of hydrogen-bond acceptors (Lipinski definition) is 1. The van der Waals surface area contributed by atoms with Gasteiger partial charge in [0, 0.05) is 5.56 Å². The third kappa shape index (κ3) is 4.88. The average molecular weight is 429 g/mol. The number of rotatable bonds is 8. The van der Waals surface area contributed by atoms with E-state index in [4.69, 9.17) is 4.74 Å². The summed E-state index contributed by atoms with van der Waals surface area (Å²) in [6.07, 6.45) is 2.88. The molecular weight excluding hydrogens is 402 g/mol. The molecule has 0 N–H and O–H groups in total. The minimum atomic E-state index is -0.931. The molecule has 162 valence electrons. The highest BCUT2D eigenvalue weighted by Gasteiger charge is 2.16. The Morgan fingerprint density at radius 2 is 1.09 bits per heavy atom. The molecule has 0 aliphatic carbocycles. The number of unbranched alkanes of at least 4 members (excludes halogenated alkanes) is 2. The van der Waals surface area contributed by atoms with Crippen LogP contribution in [0.4, 0.5) is 8.78 Å². The molecule has 0 aromatic heterocycles. The molecule has 0 saturated heterocycles. The second-order valence-electron chi connectivity index (χ2n) is 7.82. The minimum absolute atomic E-state index is 0.0301. The van der Waals surface area contributed by atoms with Gasteiger partial charge in [0.2, 0.25) is 5.82 Å². The first-order valence-corrected chi connectivity index (χ1v) is 11.0. The monoisotopic (exact) mass is 428 g/mol. The minimum Gasteiger partial charge on any atom is -0.490 e. The van der Waals surface area contributed by atoms with Crippen LogP contribution in [0, 0.1) is 11.6 Å². The highest BCUT2D eigenvalue weighted by Crippen LogP contribution is 2.32. The van der Waals surface area contributed by atoms with Crippen molar-refractivity contribution in [1.82, 2.24) is 0 Å². The van der Waals surface area contributed by atoms with Crippen LogP contribution in [0.1, 0.15) is 26.2 Å². The van der Waals surface area contributed by atoms with Crippen molar-refractivity contribution >= 4 is 0 Å². The SMILES string of the molecule is CCCCCOc1ccc(-c2ccc(-c3ccc(-c4ccccc4)cc3)cc2)c(F)c1F. The summed E-state index contributed by atoms with van der Waals surface area (Å²) in [5, 5.41) is 0. The van der Waals surface area contributed by atoms with Gasteiger partial charge in [0.1, 0.15) is 0 Å². The van der Waals surface area contributed by atoms with Gasteiger partial charge in [0.05, 0.1) is 6.61 Å². The summed E-state index contributed by atoms with van der Waals surface area (Å²) in [5.41, 5.74) is 5.27. The van der Waals surface area contributed by atoms with Crippen LogP contribution in [0.2, 0.25) is 0 Å². The number of ether oxygens (including phenoxy) is 1. The molecule has 0 aliphatic heterocycles. The second kappa shape index (κ2) is 10.2. The molecule has 0 atom stereocenters. The van der Waals surface area contributed by atoms with E-state index in [0.29, 0.717) is 12.2 Å². The first-order valence-electron chi connectivity index (χ1n) is 11.0. The fourth-order valence-electron chi connectivity index (χ4n) is 3.73. The van der Waals surface area contributed by atoms with Crippen molar-refractivity contribution < 1.29 is 13.5 Å². The molecule has 0 unspecified atom stereocenters. The molecule has 0 amide bonds. The highest BCUT2D eigenvalue weighted by molar-refractivity contribution is 5.73. The smallest absolute Gasteiger partial charge is 0.201 e. The largest absolute Gasteiger partial charge is 0.490 e. The molecular formula is C29H26F2O. The van der Waals surface area contributed by atoms with Crippen LogP contribution in [0.5, 0.6) is 5.75 Å². The molecule has 0 heterocycles. The van der Waals surface area contributed by atoms with Crippen molar-refractivity contribution in [2.45, 2.75) is 26.2 Å². The van der Waals surface area contributed by atoms with Crippen LogP contribution >= 0.6 is 0 Å². The van der Waals surface area contributed by atoms with E-state index in [1.165, 1.54) is 11.6 Å². The molecule has 3 heteroatoms. The molecule has 4 aromatic rings. The molecule has 32 heavy (non-hydrogen) atoms. The Morgan fingerprint density at radius 3 is 1.66 bits per heavy atom. The van der Waals surface area contributed by atoms with Gasteiger partial charge in [-0.3, -0.25) is 0 Å². The van der Waals surface area contributed by atoms with E-state index in [0.717, 1.165) is 36.0 Å². The second-order valence-corrected chi connectivity index (χ2v) is 7.82. The molecule has 4 rings (SSSR count). The van der Waals surface area contributed by atoms with Crippen LogP contribution in [0.15, 0.2) is 91.0 Å². The molecule has 0 radical (unpaired) electrons. The maximum atomic E-state index is 14.7. The summed E-state index contributed by atoms with van der Waals surface area (Å²) in [4.78, 5) is 0. The summed E-state index contributed by atoms with van der Waals surface area (Å²) in [6.45, 7) is 2.47. The van der Waals surface area contributed by atoms with E-state index < -0.39 is 11.6 Å². The zero-order valence-corrected chi connectivity index (χ0v) is 18.2. The van der Waals surface area contributed by atoms with Gasteiger partial charge >= 0.3 is 0 Å². The van der Waals surface area contributed by atoms with Crippen LogP contribution in [-0.4, -0.2) is 6.61 Å². The summed E-state index contributed by atoms with van der Waals surface area (Å²) in [5.74, 6) is -1.84. The molecule has 0 fully saturated rings. The molecule has 0 saturated carbocycles. The van der Waals surface area contributed by atoms with E-state index >= 15 is 0 Å². The van der Waals surface area contributed by atoms with Crippen molar-refractivity contribution in [3.05, 3.63) is 103 Å². The van der Waals surface area contributed by atoms with Crippen molar-refractivity contribution in [3.63, 3.8) is 0 Å². The van der Waals surface area contributed by atoms with Crippen LogP contribution in [0.3, 0.4) is 0 Å². The van der Waals surface area contributed by atoms with Gasteiger partial charge in [-0.1, -0.05) is 98.6 Å². The zero-order valence-electron chi connectivity index (χ0n) is 18.2. The zero-order chi connectivity index (χ0) is 22.3. The van der Waals surface area contributed by atoms with E-state index in [-0.39, 0.29) is 11.3 Å². The molecule has 0 aliphatic rings. The number of hydrogen-bond donors (Lipinski definition) is 0. The Labute approximate surface area is 188 Å². The standard InChI is InChI=1S/C29H26F2O/c1-2-3-7-20-32-27-19-18-26(28(30)29(27)31)25-16-14-24(15-17-25)23-12-10-22(11-13-23)21-8-5-4-6-9-21/h4-6,8-19H,2-3,7,20H2,1H3. The van der Waals surface area contributed by atoms with Gasteiger partial charge in [-0.2, -0.15) is 4.39 Å². The van der Waals surface area contributed by atoms with Crippen LogP contribution in [0.25, 0.3) is 33.4 Å². The van der Waals surface area contributed by atoms with Gasteiger partial charge in [0.25, 0.3) is 0 Å². The summed E-state index contributed by atoms with van der Waals surface area (Å²) >= 11 is 0. The van der Waals surface area contributed by atoms with E-state index in [1.807, 2.05) is 42.5 Å². The van der Waals surface area contributed by atoms with Gasteiger partial charge in [0.15, 0.2) is 11.6 Å². The van der Waals surface area contributed by atoms with Crippen molar-refractivity contribution in [2.75, 3.05) is 6.61 Å². The first-order chi connectivity index (χ1) is 15.7. The van der Waals surface area contributed by atoms with Gasteiger partial charge in [-0.25, -0.2) is 4.39 Å². The Morgan fingerprint density at radius 1 is 0.562 bits per heavy atom. The maximum absolute atomic E-state index is 14.7. The quantitative estimate of drug-likeness (QED) is 0.256. The average Bonchev–Trinajstić information content (AvgIpc) is 2.85. The lowest BCUT2D eigenvalue weighted by Gasteiger charge is -2.11. The first kappa shape index (κ1) is 21.8. The van der Waals surface area contributed by atoms with E-state index in [9.17, 15) is 8.78 Å². The fraction of sp³-hybridized carbons (Fsp3) is 0.172. The topological polar surface area (TPSA) is 9.23 Å². The van der Waals surface area contributed by atoms with Crippen molar-refractivity contribution in [3.8, 4) is 39.1 Å². The normalized spacial score (nSPS) is 10.8. The molecule has 4 aromatic carbocycles. The van der Waals surface area contributed by atoms with Gasteiger partial charge in [-0.05, 0) is 46.4 Å². The number of halogens is 2. The lowest BCUT2D eigenvalue weighted by Crippen LogP contribution is -2.01. The third-order valence-corrected chi connectivity index (χ3v) is 5.57. The van der Waals surface area contributed by atoms with Crippen LogP contribution < -0.4 is 4.74 Å². The Kier molecular flexibility index (Phi) is 6.96. The van der Waals surface area contributed by atoms with Gasteiger partial charge < -0.3 is 4.74 Å². The van der Waals surface area contributed by atoms with Crippen LogP contribution in [-0.2, 0) is 0 Å².